The summed E-state index contributed by atoms with van der Waals surface area (Å²) in [6.07, 6.45) is 4.60. The van der Waals surface area contributed by atoms with Crippen LogP contribution in [-0.2, 0) is 37.3 Å². The summed E-state index contributed by atoms with van der Waals surface area (Å²) in [5.74, 6) is -0.685. The number of halogens is 2. The van der Waals surface area contributed by atoms with Crippen LogP contribution in [0.5, 0.6) is 0 Å². The van der Waals surface area contributed by atoms with Gasteiger partial charge in [-0.05, 0) is 65.9 Å². The van der Waals surface area contributed by atoms with E-state index >= 15 is 0 Å². The van der Waals surface area contributed by atoms with Gasteiger partial charge in [-0.3, -0.25) is 4.79 Å². The number of carbonyl (C=O) groups excluding carboxylic acids is 1. The van der Waals surface area contributed by atoms with E-state index in [4.69, 9.17) is 28.3 Å². The quantitative estimate of drug-likeness (QED) is 0.252. The number of amides is 1. The maximum Gasteiger partial charge on any atom is 0.228 e. The first-order valence-corrected chi connectivity index (χ1v) is 16.7. The predicted octanol–water partition coefficient (Wildman–Crippen LogP) is 5.74. The highest BCUT2D eigenvalue weighted by atomic mass is 35.5. The summed E-state index contributed by atoms with van der Waals surface area (Å²) < 4.78 is 48.4. The van der Waals surface area contributed by atoms with Gasteiger partial charge in [0.2, 0.25) is 5.91 Å². The van der Waals surface area contributed by atoms with Gasteiger partial charge in [-0.2, -0.15) is 0 Å². The number of aryl methyl sites for hydroxylation is 1. The molecule has 0 fully saturated rings. The number of hydrogen-bond acceptors (Lipinski definition) is 6. The smallest absolute Gasteiger partial charge is 0.228 e. The molecule has 0 aliphatic rings. The molecule has 0 unspecified atom stereocenters. The lowest BCUT2D eigenvalue weighted by molar-refractivity contribution is -0.115. The molecule has 0 heterocycles. The molecule has 210 valence electrons. The van der Waals surface area contributed by atoms with E-state index in [1.54, 1.807) is 36.4 Å². The van der Waals surface area contributed by atoms with Crippen molar-refractivity contribution in [3.63, 3.8) is 0 Å². The molecule has 0 aliphatic carbocycles. The van der Waals surface area contributed by atoms with Crippen LogP contribution in [0.15, 0.2) is 64.4 Å². The van der Waals surface area contributed by atoms with Gasteiger partial charge in [-0.25, -0.2) is 16.8 Å². The lowest BCUT2D eigenvalue weighted by atomic mass is 9.99. The zero-order chi connectivity index (χ0) is 28.8. The highest BCUT2D eigenvalue weighted by molar-refractivity contribution is 7.91. The molecule has 0 aromatic heterocycles. The van der Waals surface area contributed by atoms with Gasteiger partial charge in [0.1, 0.15) is 0 Å². The van der Waals surface area contributed by atoms with Crippen molar-refractivity contribution in [2.45, 2.75) is 48.8 Å². The Morgan fingerprint density at radius 2 is 1.49 bits per heavy atom. The van der Waals surface area contributed by atoms with Crippen LogP contribution in [0.2, 0.25) is 10.0 Å². The largest absolute Gasteiger partial charge is 0.395 e. The average Bonchev–Trinajstić information content (AvgIpc) is 2.84. The van der Waals surface area contributed by atoms with E-state index in [1.165, 1.54) is 18.2 Å². The van der Waals surface area contributed by atoms with Crippen molar-refractivity contribution in [1.29, 1.82) is 0 Å². The fraction of sp³-hybridized carbons (Fsp3) is 0.321. The molecular formula is C28H31Cl2NO6S2. The van der Waals surface area contributed by atoms with Crippen LogP contribution in [0.1, 0.15) is 37.3 Å². The normalized spacial score (nSPS) is 11.9. The summed E-state index contributed by atoms with van der Waals surface area (Å²) in [5.41, 5.74) is 3.02. The summed E-state index contributed by atoms with van der Waals surface area (Å²) >= 11 is 13.0. The van der Waals surface area contributed by atoms with Gasteiger partial charge in [0, 0.05) is 17.5 Å². The fourth-order valence-corrected chi connectivity index (χ4v) is 6.58. The summed E-state index contributed by atoms with van der Waals surface area (Å²) in [6, 6.07) is 14.0. The summed E-state index contributed by atoms with van der Waals surface area (Å²) in [5, 5.41) is 12.5. The topological polar surface area (TPSA) is 118 Å². The molecule has 0 atom stereocenters. The highest BCUT2D eigenvalue weighted by Crippen LogP contribution is 2.37. The van der Waals surface area contributed by atoms with Crippen LogP contribution in [0, 0.1) is 0 Å². The Bertz CT molecular complexity index is 1530. The number of benzene rings is 3. The molecule has 0 bridgehead atoms. The zero-order valence-corrected chi connectivity index (χ0v) is 24.9. The third-order valence-corrected chi connectivity index (χ3v) is 9.61. The molecule has 39 heavy (non-hydrogen) atoms. The van der Waals surface area contributed by atoms with Gasteiger partial charge in [0.05, 0.1) is 38.6 Å². The number of nitrogens with one attached hydrogen (secondary N) is 1. The lowest BCUT2D eigenvalue weighted by Crippen LogP contribution is -2.16. The Hall–Kier alpha value is -2.43. The van der Waals surface area contributed by atoms with Crippen LogP contribution in [0.3, 0.4) is 0 Å². The van der Waals surface area contributed by atoms with Crippen molar-refractivity contribution >= 4 is 54.5 Å². The molecule has 0 saturated carbocycles. The first-order chi connectivity index (χ1) is 18.4. The minimum Gasteiger partial charge on any atom is -0.395 e. The lowest BCUT2D eigenvalue weighted by Gasteiger charge is -2.14. The van der Waals surface area contributed by atoms with E-state index < -0.39 is 26.3 Å². The number of carbonyl (C=O) groups is 1. The number of aliphatic hydroxyl groups excluding tert-OH is 1. The van der Waals surface area contributed by atoms with Gasteiger partial charge < -0.3 is 10.4 Å². The minimum atomic E-state index is -3.61. The molecule has 11 heteroatoms. The molecule has 2 N–H and O–H groups in total. The number of sulfone groups is 2. The highest BCUT2D eigenvalue weighted by Gasteiger charge is 2.18. The third-order valence-electron chi connectivity index (χ3n) is 6.19. The predicted molar refractivity (Wildman–Crippen MR) is 156 cm³/mol. The van der Waals surface area contributed by atoms with E-state index in [-0.39, 0.29) is 37.9 Å². The number of hydrogen-bond donors (Lipinski definition) is 2. The first-order valence-electron chi connectivity index (χ1n) is 12.4. The monoisotopic (exact) mass is 611 g/mol. The second-order valence-corrected chi connectivity index (χ2v) is 14.2. The molecule has 7 nitrogen and oxygen atoms in total. The van der Waals surface area contributed by atoms with E-state index in [0.29, 0.717) is 28.8 Å². The Morgan fingerprint density at radius 1 is 0.872 bits per heavy atom. The van der Waals surface area contributed by atoms with E-state index in [1.807, 2.05) is 0 Å². The van der Waals surface area contributed by atoms with E-state index in [9.17, 15) is 21.6 Å². The van der Waals surface area contributed by atoms with Crippen LogP contribution >= 0.6 is 23.2 Å². The van der Waals surface area contributed by atoms with Gasteiger partial charge >= 0.3 is 0 Å². The van der Waals surface area contributed by atoms with Crippen molar-refractivity contribution in [1.82, 2.24) is 0 Å². The SMILES string of the molecule is CCCCCc1cc(S(=O)(=O)CCO)ccc1CC(=O)Nc1cc(Cl)c(-c2ccc(S(C)(=O)=O)cc2)c(Cl)c1. The van der Waals surface area contributed by atoms with Crippen LogP contribution < -0.4 is 5.32 Å². The van der Waals surface area contributed by atoms with Crippen molar-refractivity contribution in [2.24, 2.45) is 0 Å². The fourth-order valence-electron chi connectivity index (χ4n) is 4.17. The number of anilines is 1. The third kappa shape index (κ3) is 8.28. The standard InChI is InChI=1S/C28H31Cl2NO6S2/c1-3-4-5-6-20-15-24(39(36,37)14-13-32)12-9-21(20)16-27(33)31-22-17-25(29)28(26(30)18-22)19-7-10-23(11-8-19)38(2,34)35/h7-12,15,17-18,32H,3-6,13-14,16H2,1-2H3,(H,31,33). The van der Waals surface area contributed by atoms with Gasteiger partial charge in [0.15, 0.2) is 19.7 Å². The molecule has 3 aromatic rings. The van der Waals surface area contributed by atoms with Crippen LogP contribution in [0.25, 0.3) is 11.1 Å². The molecule has 0 aliphatic heterocycles. The second-order valence-electron chi connectivity index (χ2n) is 9.27. The van der Waals surface area contributed by atoms with Gasteiger partial charge in [-0.1, -0.05) is 61.2 Å². The molecule has 3 aromatic carbocycles. The minimum absolute atomic E-state index is 0.0196. The average molecular weight is 613 g/mol. The second kappa shape index (κ2) is 13.3. The Labute approximate surface area is 240 Å². The first kappa shape index (κ1) is 31.1. The Kier molecular flexibility index (Phi) is 10.6. The van der Waals surface area contributed by atoms with Crippen molar-refractivity contribution in [3.8, 4) is 11.1 Å². The molecule has 0 saturated heterocycles. The van der Waals surface area contributed by atoms with Crippen LogP contribution in [-0.4, -0.2) is 46.5 Å². The van der Waals surface area contributed by atoms with E-state index in [0.717, 1.165) is 31.1 Å². The zero-order valence-electron chi connectivity index (χ0n) is 21.7. The molecule has 3 rings (SSSR count). The summed E-state index contributed by atoms with van der Waals surface area (Å²) in [6.45, 7) is 1.61. The Balaban J connectivity index is 1.82. The van der Waals surface area contributed by atoms with E-state index in [2.05, 4.69) is 12.2 Å². The molecule has 0 radical (unpaired) electrons. The van der Waals surface area contributed by atoms with Crippen molar-refractivity contribution in [3.05, 3.63) is 75.8 Å². The van der Waals surface area contributed by atoms with Gasteiger partial charge in [-0.15, -0.1) is 0 Å². The molecule has 1 amide bonds. The number of aliphatic hydroxyl groups is 1. The van der Waals surface area contributed by atoms with Crippen molar-refractivity contribution < 1.29 is 26.7 Å². The maximum absolute atomic E-state index is 13.0. The number of unbranched alkanes of at least 4 members (excludes halogenated alkanes) is 2. The summed E-state index contributed by atoms with van der Waals surface area (Å²) in [4.78, 5) is 13.3. The Morgan fingerprint density at radius 3 is 2.05 bits per heavy atom. The maximum atomic E-state index is 13.0. The molecule has 0 spiro atoms. The molecular weight excluding hydrogens is 581 g/mol. The summed E-state index contributed by atoms with van der Waals surface area (Å²) in [7, 11) is -6.96. The number of rotatable bonds is 12. The van der Waals surface area contributed by atoms with Crippen molar-refractivity contribution in [2.75, 3.05) is 23.9 Å². The van der Waals surface area contributed by atoms with Gasteiger partial charge in [0.25, 0.3) is 0 Å². The van der Waals surface area contributed by atoms with Crippen LogP contribution in [0.4, 0.5) is 5.69 Å².